The lowest BCUT2D eigenvalue weighted by molar-refractivity contribution is -0.00857. The van der Waals surface area contributed by atoms with Crippen molar-refractivity contribution in [1.29, 1.82) is 0 Å². The van der Waals surface area contributed by atoms with E-state index >= 15 is 0 Å². The van der Waals surface area contributed by atoms with Crippen LogP contribution in [0, 0.1) is 5.92 Å². The molecular weight excluding hydrogens is 266 g/mol. The highest BCUT2D eigenvalue weighted by Gasteiger charge is 2.10. The molecule has 2 atom stereocenters. The molecule has 21 heavy (non-hydrogen) atoms. The lowest BCUT2D eigenvalue weighted by atomic mass is 10.1. The molecule has 5 nitrogen and oxygen atoms in total. The Morgan fingerprint density at radius 1 is 1.38 bits per heavy atom. The zero-order chi connectivity index (χ0) is 15.8. The summed E-state index contributed by atoms with van der Waals surface area (Å²) >= 11 is 0. The van der Waals surface area contributed by atoms with E-state index in [2.05, 4.69) is 38.1 Å². The Bertz CT molecular complexity index is 404. The van der Waals surface area contributed by atoms with Gasteiger partial charge in [0.25, 0.3) is 0 Å². The first-order valence-electron chi connectivity index (χ1n) is 7.94. The molecule has 0 bridgehead atoms. The Labute approximate surface area is 128 Å². The molecule has 5 heteroatoms. The van der Waals surface area contributed by atoms with Crippen molar-refractivity contribution < 1.29 is 9.84 Å². The van der Waals surface area contributed by atoms with Crippen molar-refractivity contribution in [2.24, 2.45) is 13.0 Å². The molecule has 122 valence electrons. The van der Waals surface area contributed by atoms with Crippen molar-refractivity contribution >= 4 is 0 Å². The van der Waals surface area contributed by atoms with Gasteiger partial charge in [-0.25, -0.2) is 0 Å². The summed E-state index contributed by atoms with van der Waals surface area (Å²) in [7, 11) is 1.93. The highest BCUT2D eigenvalue weighted by molar-refractivity contribution is 5.16. The van der Waals surface area contributed by atoms with Crippen LogP contribution in [0.2, 0.25) is 0 Å². The zero-order valence-corrected chi connectivity index (χ0v) is 14.1. The number of aliphatic hydroxyl groups is 1. The lowest BCUT2D eigenvalue weighted by Crippen LogP contribution is -2.31. The third-order valence-electron chi connectivity index (χ3n) is 3.40. The van der Waals surface area contributed by atoms with Crippen LogP contribution >= 0.6 is 0 Å². The molecule has 0 amide bonds. The monoisotopic (exact) mass is 297 g/mol. The van der Waals surface area contributed by atoms with Crippen LogP contribution < -0.4 is 5.32 Å². The molecule has 0 saturated carbocycles. The first-order chi connectivity index (χ1) is 9.92. The maximum atomic E-state index is 9.93. The predicted octanol–water partition coefficient (Wildman–Crippen LogP) is 1.88. The highest BCUT2D eigenvalue weighted by atomic mass is 16.5. The first-order valence-corrected chi connectivity index (χ1v) is 7.94. The maximum Gasteiger partial charge on any atom is 0.0897 e. The van der Waals surface area contributed by atoms with Crippen LogP contribution in [0.25, 0.3) is 0 Å². The second-order valence-corrected chi connectivity index (χ2v) is 6.19. The Balaban J connectivity index is 2.22. The molecule has 0 aliphatic rings. The van der Waals surface area contributed by atoms with Crippen LogP contribution in [0.15, 0.2) is 6.20 Å². The SMILES string of the molecule is CCc1nn(C)cc1CNCC(O)COC(C)CC(C)C. The quantitative estimate of drug-likeness (QED) is 0.692. The number of nitrogens with zero attached hydrogens (tertiary/aromatic N) is 2. The second-order valence-electron chi connectivity index (χ2n) is 6.19. The topological polar surface area (TPSA) is 59.3 Å². The summed E-state index contributed by atoms with van der Waals surface area (Å²) < 4.78 is 7.50. The van der Waals surface area contributed by atoms with E-state index < -0.39 is 6.10 Å². The standard InChI is InChI=1S/C16H31N3O2/c1-6-16-14(10-19(5)18-16)8-17-9-15(20)11-21-13(4)7-12(2)3/h10,12-13,15,17,20H,6-9,11H2,1-5H3. The number of ether oxygens (including phenoxy) is 1. The van der Waals surface area contributed by atoms with Gasteiger partial charge in [0, 0.05) is 31.9 Å². The van der Waals surface area contributed by atoms with Crippen LogP contribution in [0.5, 0.6) is 0 Å². The Kier molecular flexibility index (Phi) is 7.93. The maximum absolute atomic E-state index is 9.93. The van der Waals surface area contributed by atoms with Crippen molar-refractivity contribution in [2.75, 3.05) is 13.2 Å². The molecule has 1 aromatic rings. The zero-order valence-electron chi connectivity index (χ0n) is 14.1. The van der Waals surface area contributed by atoms with Gasteiger partial charge in [-0.15, -0.1) is 0 Å². The molecule has 0 aliphatic carbocycles. The molecule has 0 spiro atoms. The fourth-order valence-electron chi connectivity index (χ4n) is 2.47. The summed E-state index contributed by atoms with van der Waals surface area (Å²) in [5.41, 5.74) is 2.31. The molecule has 0 saturated heterocycles. The fourth-order valence-corrected chi connectivity index (χ4v) is 2.47. The van der Waals surface area contributed by atoms with Gasteiger partial charge in [-0.05, 0) is 25.7 Å². The van der Waals surface area contributed by atoms with Crippen LogP contribution in [0.1, 0.15) is 45.4 Å². The van der Waals surface area contributed by atoms with Gasteiger partial charge in [-0.3, -0.25) is 4.68 Å². The third-order valence-corrected chi connectivity index (χ3v) is 3.40. The van der Waals surface area contributed by atoms with Crippen molar-refractivity contribution in [1.82, 2.24) is 15.1 Å². The summed E-state index contributed by atoms with van der Waals surface area (Å²) in [5.74, 6) is 0.619. The molecular formula is C16H31N3O2. The summed E-state index contributed by atoms with van der Waals surface area (Å²) in [6.45, 7) is 10.2. The Morgan fingerprint density at radius 3 is 2.71 bits per heavy atom. The van der Waals surface area contributed by atoms with E-state index in [4.69, 9.17) is 4.74 Å². The molecule has 0 fully saturated rings. The van der Waals surface area contributed by atoms with E-state index in [1.54, 1.807) is 0 Å². The molecule has 2 N–H and O–H groups in total. The minimum atomic E-state index is -0.471. The van der Waals surface area contributed by atoms with Crippen LogP contribution in [-0.2, 0) is 24.8 Å². The normalized spacial score (nSPS) is 14.6. The minimum absolute atomic E-state index is 0.199. The van der Waals surface area contributed by atoms with Gasteiger partial charge >= 0.3 is 0 Å². The van der Waals surface area contributed by atoms with Crippen molar-refractivity contribution in [3.8, 4) is 0 Å². The molecule has 2 unspecified atom stereocenters. The van der Waals surface area contributed by atoms with Gasteiger partial charge in [0.1, 0.15) is 0 Å². The number of aromatic nitrogens is 2. The predicted molar refractivity (Wildman–Crippen MR) is 85.2 cm³/mol. The summed E-state index contributed by atoms with van der Waals surface area (Å²) in [4.78, 5) is 0. The third kappa shape index (κ3) is 7.07. The van der Waals surface area contributed by atoms with E-state index in [-0.39, 0.29) is 6.10 Å². The van der Waals surface area contributed by atoms with Gasteiger partial charge in [-0.1, -0.05) is 20.8 Å². The number of rotatable bonds is 10. The van der Waals surface area contributed by atoms with Gasteiger partial charge in [0.15, 0.2) is 0 Å². The molecule has 0 aromatic carbocycles. The Hall–Kier alpha value is -0.910. The summed E-state index contributed by atoms with van der Waals surface area (Å²) in [6, 6.07) is 0. The van der Waals surface area contributed by atoms with Gasteiger partial charge < -0.3 is 15.2 Å². The summed E-state index contributed by atoms with van der Waals surface area (Å²) in [5, 5.41) is 17.6. The fraction of sp³-hybridized carbons (Fsp3) is 0.812. The minimum Gasteiger partial charge on any atom is -0.389 e. The molecule has 0 aliphatic heterocycles. The second kappa shape index (κ2) is 9.18. The average molecular weight is 297 g/mol. The van der Waals surface area contributed by atoms with Gasteiger partial charge in [-0.2, -0.15) is 5.10 Å². The molecule has 1 heterocycles. The largest absolute Gasteiger partial charge is 0.389 e. The van der Waals surface area contributed by atoms with Crippen molar-refractivity contribution in [3.05, 3.63) is 17.5 Å². The highest BCUT2D eigenvalue weighted by Crippen LogP contribution is 2.08. The number of aryl methyl sites for hydroxylation is 2. The van der Waals surface area contributed by atoms with E-state index in [0.717, 1.165) is 25.1 Å². The number of aliphatic hydroxyl groups excluding tert-OH is 1. The van der Waals surface area contributed by atoms with Crippen LogP contribution in [-0.4, -0.2) is 40.2 Å². The first kappa shape index (κ1) is 18.1. The summed E-state index contributed by atoms with van der Waals surface area (Å²) in [6.07, 6.45) is 3.71. The Morgan fingerprint density at radius 2 is 2.10 bits per heavy atom. The van der Waals surface area contributed by atoms with Crippen LogP contribution in [0.4, 0.5) is 0 Å². The number of hydrogen-bond donors (Lipinski definition) is 2. The average Bonchev–Trinajstić information content (AvgIpc) is 2.76. The van der Waals surface area contributed by atoms with Crippen molar-refractivity contribution in [3.63, 3.8) is 0 Å². The van der Waals surface area contributed by atoms with E-state index in [1.807, 2.05) is 17.9 Å². The molecule has 0 radical (unpaired) electrons. The van der Waals surface area contributed by atoms with Crippen molar-refractivity contribution in [2.45, 2.75) is 59.3 Å². The molecule has 1 aromatic heterocycles. The number of nitrogens with one attached hydrogen (secondary N) is 1. The molecule has 1 rings (SSSR count). The van der Waals surface area contributed by atoms with E-state index in [1.165, 1.54) is 5.56 Å². The lowest BCUT2D eigenvalue weighted by Gasteiger charge is -2.18. The van der Waals surface area contributed by atoms with Gasteiger partial charge in [0.2, 0.25) is 0 Å². The van der Waals surface area contributed by atoms with E-state index in [9.17, 15) is 5.11 Å². The number of hydrogen-bond acceptors (Lipinski definition) is 4. The van der Waals surface area contributed by atoms with E-state index in [0.29, 0.717) is 19.1 Å². The van der Waals surface area contributed by atoms with Gasteiger partial charge in [0.05, 0.1) is 24.5 Å². The van der Waals surface area contributed by atoms with Crippen LogP contribution in [0.3, 0.4) is 0 Å². The smallest absolute Gasteiger partial charge is 0.0897 e.